The number of hydrogen-bond acceptors (Lipinski definition) is 2. The first kappa shape index (κ1) is 6.62. The van der Waals surface area contributed by atoms with Crippen molar-refractivity contribution >= 4 is 0 Å². The van der Waals surface area contributed by atoms with Crippen molar-refractivity contribution in [1.82, 2.24) is 0 Å². The maximum Gasteiger partial charge on any atom is 0.0679 e. The maximum atomic E-state index is 5.55. The second-order valence-electron chi connectivity index (χ2n) is 3.01. The van der Waals surface area contributed by atoms with Gasteiger partial charge in [-0.05, 0) is 19.3 Å². The smallest absolute Gasteiger partial charge is 0.0679 e. The summed E-state index contributed by atoms with van der Waals surface area (Å²) in [6.07, 6.45) is 5.12. The van der Waals surface area contributed by atoms with Crippen molar-refractivity contribution in [1.29, 1.82) is 0 Å². The Hall–Kier alpha value is -0.0800. The fourth-order valence-electron chi connectivity index (χ4n) is 1.43. The Morgan fingerprint density at radius 2 is 2.20 bits per heavy atom. The highest BCUT2D eigenvalue weighted by molar-refractivity contribution is 4.88. The third-order valence-corrected chi connectivity index (χ3v) is 2.19. The van der Waals surface area contributed by atoms with Gasteiger partial charge in [-0.3, -0.25) is 0 Å². The molecule has 0 aliphatic carbocycles. The zero-order valence-corrected chi connectivity index (χ0v) is 6.08. The van der Waals surface area contributed by atoms with Crippen molar-refractivity contribution in [3.8, 4) is 0 Å². The van der Waals surface area contributed by atoms with Crippen LogP contribution in [0.5, 0.6) is 0 Å². The van der Waals surface area contributed by atoms with E-state index in [1.807, 2.05) is 0 Å². The van der Waals surface area contributed by atoms with Gasteiger partial charge in [0.25, 0.3) is 0 Å². The minimum Gasteiger partial charge on any atom is -0.380 e. The van der Waals surface area contributed by atoms with Crippen molar-refractivity contribution in [2.24, 2.45) is 5.92 Å². The molecule has 2 aliphatic rings. The van der Waals surface area contributed by atoms with E-state index in [1.165, 1.54) is 12.8 Å². The first-order valence-electron chi connectivity index (χ1n) is 3.99. The van der Waals surface area contributed by atoms with E-state index in [0.717, 1.165) is 19.8 Å². The van der Waals surface area contributed by atoms with Crippen LogP contribution in [-0.2, 0) is 9.47 Å². The van der Waals surface area contributed by atoms with E-state index < -0.39 is 0 Å². The lowest BCUT2D eigenvalue weighted by molar-refractivity contribution is -0.110. The molecule has 10 heavy (non-hydrogen) atoms. The Morgan fingerprint density at radius 1 is 1.30 bits per heavy atom. The van der Waals surface area contributed by atoms with Crippen LogP contribution in [0.3, 0.4) is 0 Å². The number of ether oxygens (including phenoxy) is 2. The molecule has 2 nitrogen and oxygen atoms in total. The van der Waals surface area contributed by atoms with Crippen LogP contribution in [0, 0.1) is 12.3 Å². The normalized spacial score (nSPS) is 35.4. The highest BCUT2D eigenvalue weighted by atomic mass is 16.5. The van der Waals surface area contributed by atoms with Crippen LogP contribution in [-0.4, -0.2) is 25.9 Å². The zero-order valence-electron chi connectivity index (χ0n) is 6.08. The SMILES string of the molecule is [CH]1CCCOC1C1COC1. The first-order chi connectivity index (χ1) is 4.97. The van der Waals surface area contributed by atoms with Crippen molar-refractivity contribution in [3.05, 3.63) is 6.42 Å². The molecule has 1 unspecified atom stereocenters. The first-order valence-corrected chi connectivity index (χ1v) is 3.99. The molecule has 0 aromatic heterocycles. The van der Waals surface area contributed by atoms with Crippen molar-refractivity contribution in [2.45, 2.75) is 18.9 Å². The quantitative estimate of drug-likeness (QED) is 0.542. The molecule has 2 heteroatoms. The molecular weight excluding hydrogens is 128 g/mol. The van der Waals surface area contributed by atoms with Gasteiger partial charge >= 0.3 is 0 Å². The summed E-state index contributed by atoms with van der Waals surface area (Å²) in [4.78, 5) is 0. The van der Waals surface area contributed by atoms with Gasteiger partial charge < -0.3 is 9.47 Å². The highest BCUT2D eigenvalue weighted by Crippen LogP contribution is 2.24. The Bertz CT molecular complexity index is 104. The number of hydrogen-bond donors (Lipinski definition) is 0. The predicted octanol–water partition coefficient (Wildman–Crippen LogP) is 1.02. The van der Waals surface area contributed by atoms with Crippen LogP contribution in [0.25, 0.3) is 0 Å². The van der Waals surface area contributed by atoms with Crippen LogP contribution >= 0.6 is 0 Å². The standard InChI is InChI=1S/C8H13O2/c1-2-4-10-8(3-1)7-5-9-6-7/h3,7-8H,1-2,4-6H2. The fraction of sp³-hybridized carbons (Fsp3) is 0.875. The highest BCUT2D eigenvalue weighted by Gasteiger charge is 2.30. The van der Waals surface area contributed by atoms with Gasteiger partial charge in [0.05, 0.1) is 19.3 Å². The Kier molecular flexibility index (Phi) is 1.91. The Balaban J connectivity index is 1.78. The summed E-state index contributed by atoms with van der Waals surface area (Å²) in [5.74, 6) is 0.667. The topological polar surface area (TPSA) is 18.5 Å². The molecule has 0 aromatic carbocycles. The molecule has 1 atom stereocenters. The van der Waals surface area contributed by atoms with Gasteiger partial charge in [-0.1, -0.05) is 0 Å². The minimum absolute atomic E-state index is 0.405. The summed E-state index contributed by atoms with van der Waals surface area (Å²) in [5.41, 5.74) is 0. The van der Waals surface area contributed by atoms with Gasteiger partial charge in [-0.25, -0.2) is 0 Å². The lowest BCUT2D eigenvalue weighted by atomic mass is 9.94. The third-order valence-electron chi connectivity index (χ3n) is 2.19. The lowest BCUT2D eigenvalue weighted by Crippen LogP contribution is -2.41. The molecule has 2 rings (SSSR count). The maximum absolute atomic E-state index is 5.55. The van der Waals surface area contributed by atoms with Gasteiger partial charge in [0.2, 0.25) is 0 Å². The predicted molar refractivity (Wildman–Crippen MR) is 37.6 cm³/mol. The Labute approximate surface area is 61.5 Å². The van der Waals surface area contributed by atoms with Gasteiger partial charge in [0.1, 0.15) is 0 Å². The molecule has 1 radical (unpaired) electrons. The molecule has 0 bridgehead atoms. The third kappa shape index (κ3) is 1.18. The molecule has 0 N–H and O–H groups in total. The summed E-state index contributed by atoms with van der Waals surface area (Å²) in [6, 6.07) is 0. The van der Waals surface area contributed by atoms with Crippen molar-refractivity contribution in [3.63, 3.8) is 0 Å². The molecule has 2 fully saturated rings. The van der Waals surface area contributed by atoms with Crippen molar-refractivity contribution in [2.75, 3.05) is 19.8 Å². The van der Waals surface area contributed by atoms with Crippen molar-refractivity contribution < 1.29 is 9.47 Å². The molecule has 0 aromatic rings. The second-order valence-corrected chi connectivity index (χ2v) is 3.01. The van der Waals surface area contributed by atoms with Crippen LogP contribution in [0.1, 0.15) is 12.8 Å². The summed E-state index contributed by atoms with van der Waals surface area (Å²) in [7, 11) is 0. The van der Waals surface area contributed by atoms with E-state index in [4.69, 9.17) is 9.47 Å². The average molecular weight is 141 g/mol. The largest absolute Gasteiger partial charge is 0.380 e. The average Bonchev–Trinajstić information content (AvgIpc) is 1.86. The van der Waals surface area contributed by atoms with E-state index in [-0.39, 0.29) is 0 Å². The summed E-state index contributed by atoms with van der Waals surface area (Å²) < 4.78 is 10.6. The molecule has 0 saturated carbocycles. The van der Waals surface area contributed by atoms with Crippen LogP contribution < -0.4 is 0 Å². The van der Waals surface area contributed by atoms with Gasteiger partial charge in [0.15, 0.2) is 0 Å². The van der Waals surface area contributed by atoms with E-state index in [1.54, 1.807) is 0 Å². The molecule has 2 heterocycles. The molecule has 2 saturated heterocycles. The van der Waals surface area contributed by atoms with Crippen LogP contribution in [0.4, 0.5) is 0 Å². The van der Waals surface area contributed by atoms with E-state index >= 15 is 0 Å². The Morgan fingerprint density at radius 3 is 2.70 bits per heavy atom. The molecule has 57 valence electrons. The van der Waals surface area contributed by atoms with Gasteiger partial charge in [-0.2, -0.15) is 0 Å². The summed E-state index contributed by atoms with van der Waals surface area (Å²) in [5, 5.41) is 0. The fourth-order valence-corrected chi connectivity index (χ4v) is 1.43. The monoisotopic (exact) mass is 141 g/mol. The summed E-state index contributed by atoms with van der Waals surface area (Å²) in [6.45, 7) is 2.75. The van der Waals surface area contributed by atoms with E-state index in [2.05, 4.69) is 6.42 Å². The lowest BCUT2D eigenvalue weighted by Gasteiger charge is -2.35. The zero-order chi connectivity index (χ0) is 6.81. The van der Waals surface area contributed by atoms with Crippen LogP contribution in [0.15, 0.2) is 0 Å². The summed E-state index contributed by atoms with van der Waals surface area (Å²) >= 11 is 0. The van der Waals surface area contributed by atoms with Crippen LogP contribution in [0.2, 0.25) is 0 Å². The van der Waals surface area contributed by atoms with Gasteiger partial charge in [0, 0.05) is 12.5 Å². The minimum atomic E-state index is 0.405. The molecule has 0 amide bonds. The number of rotatable bonds is 1. The second kappa shape index (κ2) is 2.89. The molecule has 0 spiro atoms. The molecular formula is C8H13O2. The molecule has 2 aliphatic heterocycles. The van der Waals surface area contributed by atoms with Gasteiger partial charge in [-0.15, -0.1) is 0 Å². The van der Waals surface area contributed by atoms with E-state index in [0.29, 0.717) is 12.0 Å². The van der Waals surface area contributed by atoms with E-state index in [9.17, 15) is 0 Å².